The van der Waals surface area contributed by atoms with Crippen molar-refractivity contribution in [2.75, 3.05) is 13.2 Å². The van der Waals surface area contributed by atoms with Gasteiger partial charge < -0.3 is 10.1 Å². The second kappa shape index (κ2) is 8.98. The Morgan fingerprint density at radius 2 is 1.80 bits per heavy atom. The van der Waals surface area contributed by atoms with Crippen LogP contribution in [0.4, 0.5) is 4.79 Å². The van der Waals surface area contributed by atoms with Gasteiger partial charge in [0.05, 0.1) is 11.3 Å². The first-order chi connectivity index (χ1) is 14.6. The van der Waals surface area contributed by atoms with E-state index in [-0.39, 0.29) is 11.2 Å². The summed E-state index contributed by atoms with van der Waals surface area (Å²) in [6.07, 6.45) is 1.65. The highest BCUT2D eigenvalue weighted by Crippen LogP contribution is 2.44. The predicted molar refractivity (Wildman–Crippen MR) is 116 cm³/mol. The third kappa shape index (κ3) is 4.29. The number of hydrogen-bond acceptors (Lipinski definition) is 4. The molecule has 6 heteroatoms. The first kappa shape index (κ1) is 19.9. The van der Waals surface area contributed by atoms with E-state index < -0.39 is 6.09 Å². The number of benzene rings is 2. The zero-order valence-corrected chi connectivity index (χ0v) is 17.2. The minimum Gasteiger partial charge on any atom is -0.449 e. The number of amides is 1. The summed E-state index contributed by atoms with van der Waals surface area (Å²) in [7, 11) is 0. The normalized spacial score (nSPS) is 11.8. The molecule has 150 valence electrons. The molecule has 0 bridgehead atoms. The topological polar surface area (TPSA) is 64.1 Å². The number of ether oxygens (including phenoxy) is 1. The molecular formula is C24H20ClN3O2. The Labute approximate surface area is 180 Å². The highest BCUT2D eigenvalue weighted by molar-refractivity contribution is 6.28. The van der Waals surface area contributed by atoms with Crippen LogP contribution < -0.4 is 5.32 Å². The number of carbonyl (C=O) groups is 1. The molecule has 1 amide bonds. The van der Waals surface area contributed by atoms with Crippen molar-refractivity contribution in [3.63, 3.8) is 0 Å². The maximum absolute atomic E-state index is 12.1. The lowest BCUT2D eigenvalue weighted by Crippen LogP contribution is -2.26. The molecule has 30 heavy (non-hydrogen) atoms. The minimum atomic E-state index is -0.440. The molecule has 0 unspecified atom stereocenters. The van der Waals surface area contributed by atoms with Crippen LogP contribution in [0.2, 0.25) is 5.28 Å². The van der Waals surface area contributed by atoms with Crippen LogP contribution in [-0.2, 0) is 4.74 Å². The van der Waals surface area contributed by atoms with E-state index in [1.165, 1.54) is 22.3 Å². The van der Waals surface area contributed by atoms with Gasteiger partial charge in [-0.15, -0.1) is 0 Å². The molecule has 0 saturated heterocycles. The van der Waals surface area contributed by atoms with Gasteiger partial charge in [-0.05, 0) is 40.8 Å². The van der Waals surface area contributed by atoms with Gasteiger partial charge in [0, 0.05) is 25.1 Å². The number of nitrogens with one attached hydrogen (secondary N) is 1. The number of hydrogen-bond donors (Lipinski definition) is 1. The lowest BCUT2D eigenvalue weighted by atomic mass is 9.98. The van der Waals surface area contributed by atoms with E-state index in [2.05, 4.69) is 51.4 Å². The molecule has 3 aromatic rings. The molecular weight excluding hydrogens is 398 g/mol. The maximum Gasteiger partial charge on any atom is 0.407 e. The van der Waals surface area contributed by atoms with Crippen LogP contribution in [0.3, 0.4) is 0 Å². The summed E-state index contributed by atoms with van der Waals surface area (Å²) < 4.78 is 5.50. The van der Waals surface area contributed by atoms with E-state index in [4.69, 9.17) is 16.3 Å². The highest BCUT2D eigenvalue weighted by Gasteiger charge is 2.28. The Morgan fingerprint density at radius 3 is 2.47 bits per heavy atom. The summed E-state index contributed by atoms with van der Waals surface area (Å²) in [5.74, 6) is 6.04. The van der Waals surface area contributed by atoms with Crippen molar-refractivity contribution in [2.24, 2.45) is 0 Å². The molecule has 0 radical (unpaired) electrons. The lowest BCUT2D eigenvalue weighted by Gasteiger charge is -2.14. The zero-order chi connectivity index (χ0) is 20.9. The number of rotatable bonds is 4. The van der Waals surface area contributed by atoms with Crippen LogP contribution in [0, 0.1) is 18.8 Å². The predicted octanol–water partition coefficient (Wildman–Crippen LogP) is 4.72. The minimum absolute atomic E-state index is 0.0517. The molecule has 1 N–H and O–H groups in total. The smallest absolute Gasteiger partial charge is 0.407 e. The summed E-state index contributed by atoms with van der Waals surface area (Å²) in [5, 5.41) is 2.95. The molecule has 0 fully saturated rings. The summed E-state index contributed by atoms with van der Waals surface area (Å²) >= 11 is 5.74. The SMILES string of the molecule is Cc1nc(Cl)ncc1C#CCCNC(=O)OCC1c2ccccc2-c2ccccc21. The first-order valence-corrected chi connectivity index (χ1v) is 10.1. The van der Waals surface area contributed by atoms with Gasteiger partial charge in [0.2, 0.25) is 5.28 Å². The molecule has 1 aliphatic rings. The number of alkyl carbamates (subject to hydrolysis) is 1. The third-order valence-electron chi connectivity index (χ3n) is 5.04. The van der Waals surface area contributed by atoms with E-state index in [1.54, 1.807) is 6.20 Å². The van der Waals surface area contributed by atoms with Gasteiger partial charge in [-0.3, -0.25) is 0 Å². The zero-order valence-electron chi connectivity index (χ0n) is 16.5. The standard InChI is InChI=1S/C24H20ClN3O2/c1-16-17(14-27-23(25)28-16)8-6-7-13-26-24(29)30-15-22-20-11-4-2-9-18(20)19-10-3-5-12-21(19)22/h2-5,9-12,14,22H,7,13,15H2,1H3,(H,26,29). The molecule has 0 spiro atoms. The number of fused-ring (bicyclic) bond motifs is 3. The highest BCUT2D eigenvalue weighted by atomic mass is 35.5. The summed E-state index contributed by atoms with van der Waals surface area (Å²) in [5.41, 5.74) is 6.25. The summed E-state index contributed by atoms with van der Waals surface area (Å²) in [6.45, 7) is 2.52. The molecule has 5 nitrogen and oxygen atoms in total. The van der Waals surface area contributed by atoms with Crippen LogP contribution in [-0.4, -0.2) is 29.2 Å². The average molecular weight is 418 g/mol. The number of aromatic nitrogens is 2. The number of nitrogens with zero attached hydrogens (tertiary/aromatic N) is 2. The maximum atomic E-state index is 12.1. The fraction of sp³-hybridized carbons (Fsp3) is 0.208. The fourth-order valence-electron chi connectivity index (χ4n) is 3.60. The van der Waals surface area contributed by atoms with E-state index in [1.807, 2.05) is 31.2 Å². The Kier molecular flexibility index (Phi) is 5.97. The van der Waals surface area contributed by atoms with Crippen molar-refractivity contribution >= 4 is 17.7 Å². The summed E-state index contributed by atoms with van der Waals surface area (Å²) in [4.78, 5) is 20.1. The summed E-state index contributed by atoms with van der Waals surface area (Å²) in [6, 6.07) is 16.5. The van der Waals surface area contributed by atoms with Crippen molar-refractivity contribution in [3.05, 3.63) is 82.4 Å². The molecule has 0 saturated carbocycles. The van der Waals surface area contributed by atoms with Crippen LogP contribution in [0.25, 0.3) is 11.1 Å². The van der Waals surface area contributed by atoms with Crippen molar-refractivity contribution in [1.29, 1.82) is 0 Å². The van der Waals surface area contributed by atoms with Gasteiger partial charge in [0.25, 0.3) is 0 Å². The van der Waals surface area contributed by atoms with Crippen molar-refractivity contribution in [1.82, 2.24) is 15.3 Å². The molecule has 0 aliphatic heterocycles. The number of halogens is 1. The molecule has 2 aromatic carbocycles. The Morgan fingerprint density at radius 1 is 1.13 bits per heavy atom. The molecule has 4 rings (SSSR count). The van der Waals surface area contributed by atoms with Crippen LogP contribution in [0.1, 0.15) is 34.7 Å². The second-order valence-electron chi connectivity index (χ2n) is 6.94. The van der Waals surface area contributed by atoms with Gasteiger partial charge in [-0.1, -0.05) is 60.4 Å². The van der Waals surface area contributed by atoms with Gasteiger partial charge in [0.1, 0.15) is 6.61 Å². The van der Waals surface area contributed by atoms with E-state index in [0.29, 0.717) is 19.6 Å². The van der Waals surface area contributed by atoms with Crippen LogP contribution in [0.5, 0.6) is 0 Å². The van der Waals surface area contributed by atoms with Gasteiger partial charge in [-0.2, -0.15) is 0 Å². The van der Waals surface area contributed by atoms with E-state index in [0.717, 1.165) is 11.3 Å². The van der Waals surface area contributed by atoms with Gasteiger partial charge in [-0.25, -0.2) is 14.8 Å². The lowest BCUT2D eigenvalue weighted by molar-refractivity contribution is 0.143. The first-order valence-electron chi connectivity index (χ1n) is 9.70. The fourth-order valence-corrected chi connectivity index (χ4v) is 3.77. The van der Waals surface area contributed by atoms with Crippen LogP contribution >= 0.6 is 11.6 Å². The number of aryl methyl sites for hydroxylation is 1. The quantitative estimate of drug-likeness (QED) is 0.379. The average Bonchev–Trinajstić information content (AvgIpc) is 3.07. The van der Waals surface area contributed by atoms with Gasteiger partial charge in [0.15, 0.2) is 0 Å². The Balaban J connectivity index is 1.29. The largest absolute Gasteiger partial charge is 0.449 e. The van der Waals surface area contributed by atoms with Crippen molar-refractivity contribution < 1.29 is 9.53 Å². The van der Waals surface area contributed by atoms with Crippen molar-refractivity contribution in [3.8, 4) is 23.0 Å². The second-order valence-corrected chi connectivity index (χ2v) is 7.28. The van der Waals surface area contributed by atoms with E-state index in [9.17, 15) is 4.79 Å². The molecule has 1 heterocycles. The molecule has 1 aromatic heterocycles. The molecule has 1 aliphatic carbocycles. The monoisotopic (exact) mass is 417 g/mol. The van der Waals surface area contributed by atoms with Gasteiger partial charge >= 0.3 is 6.09 Å². The molecule has 0 atom stereocenters. The Bertz CT molecular complexity index is 1100. The number of carbonyl (C=O) groups excluding carboxylic acids is 1. The van der Waals surface area contributed by atoms with Crippen LogP contribution in [0.15, 0.2) is 54.7 Å². The Hall–Kier alpha value is -3.36. The third-order valence-corrected chi connectivity index (χ3v) is 5.22. The van der Waals surface area contributed by atoms with Crippen molar-refractivity contribution in [2.45, 2.75) is 19.3 Å². The van der Waals surface area contributed by atoms with E-state index >= 15 is 0 Å².